The molecule has 0 aliphatic carbocycles. The van der Waals surface area contributed by atoms with Crippen LogP contribution >= 0.6 is 11.8 Å². The highest BCUT2D eigenvalue weighted by atomic mass is 32.2. The van der Waals surface area contributed by atoms with Crippen molar-refractivity contribution in [3.8, 4) is 5.75 Å². The SMILES string of the molecule is CC(NC1CCCSC1)c1ccccc1OC(F)F. The summed E-state index contributed by atoms with van der Waals surface area (Å²) in [6.45, 7) is -0.786. The molecular formula is C14H19F2NOS. The molecule has 0 amide bonds. The van der Waals surface area contributed by atoms with E-state index in [1.165, 1.54) is 12.2 Å². The first-order valence-corrected chi connectivity index (χ1v) is 7.70. The van der Waals surface area contributed by atoms with Crippen molar-refractivity contribution < 1.29 is 13.5 Å². The van der Waals surface area contributed by atoms with E-state index in [0.29, 0.717) is 6.04 Å². The number of alkyl halides is 2. The van der Waals surface area contributed by atoms with E-state index in [1.54, 1.807) is 12.1 Å². The predicted octanol–water partition coefficient (Wildman–Crippen LogP) is 3.83. The fourth-order valence-corrected chi connectivity index (χ4v) is 3.44. The summed E-state index contributed by atoms with van der Waals surface area (Å²) in [4.78, 5) is 0. The summed E-state index contributed by atoms with van der Waals surface area (Å²) in [7, 11) is 0. The molecule has 5 heteroatoms. The molecule has 2 unspecified atom stereocenters. The zero-order valence-electron chi connectivity index (χ0n) is 10.9. The van der Waals surface area contributed by atoms with Gasteiger partial charge in [0.15, 0.2) is 0 Å². The third-order valence-corrected chi connectivity index (χ3v) is 4.46. The topological polar surface area (TPSA) is 21.3 Å². The Morgan fingerprint density at radius 3 is 2.84 bits per heavy atom. The molecule has 1 N–H and O–H groups in total. The van der Waals surface area contributed by atoms with Gasteiger partial charge in [0.1, 0.15) is 5.75 Å². The van der Waals surface area contributed by atoms with E-state index in [-0.39, 0.29) is 11.8 Å². The van der Waals surface area contributed by atoms with Gasteiger partial charge in [0.05, 0.1) is 0 Å². The van der Waals surface area contributed by atoms with E-state index in [9.17, 15) is 8.78 Å². The van der Waals surface area contributed by atoms with Gasteiger partial charge in [-0.15, -0.1) is 0 Å². The van der Waals surface area contributed by atoms with Crippen molar-refractivity contribution in [3.63, 3.8) is 0 Å². The lowest BCUT2D eigenvalue weighted by Crippen LogP contribution is -2.35. The van der Waals surface area contributed by atoms with Crippen LogP contribution in [-0.2, 0) is 0 Å². The zero-order valence-corrected chi connectivity index (χ0v) is 11.8. The Balaban J connectivity index is 2.02. The first-order valence-electron chi connectivity index (χ1n) is 6.54. The highest BCUT2D eigenvalue weighted by Crippen LogP contribution is 2.28. The van der Waals surface area contributed by atoms with Crippen molar-refractivity contribution >= 4 is 11.8 Å². The molecule has 2 nitrogen and oxygen atoms in total. The summed E-state index contributed by atoms with van der Waals surface area (Å²) in [5.41, 5.74) is 0.790. The Hall–Kier alpha value is -0.810. The minimum atomic E-state index is -2.78. The van der Waals surface area contributed by atoms with Crippen molar-refractivity contribution in [1.29, 1.82) is 0 Å². The minimum Gasteiger partial charge on any atom is -0.434 e. The van der Waals surface area contributed by atoms with E-state index in [1.807, 2.05) is 30.8 Å². The van der Waals surface area contributed by atoms with Crippen molar-refractivity contribution in [3.05, 3.63) is 29.8 Å². The fraction of sp³-hybridized carbons (Fsp3) is 0.571. The first kappa shape index (κ1) is 14.6. The van der Waals surface area contributed by atoms with Crippen LogP contribution in [0, 0.1) is 0 Å². The molecule has 2 rings (SSSR count). The smallest absolute Gasteiger partial charge is 0.387 e. The van der Waals surface area contributed by atoms with Gasteiger partial charge < -0.3 is 10.1 Å². The molecular weight excluding hydrogens is 268 g/mol. The van der Waals surface area contributed by atoms with Gasteiger partial charge in [0.25, 0.3) is 0 Å². The predicted molar refractivity (Wildman–Crippen MR) is 75.0 cm³/mol. The van der Waals surface area contributed by atoms with E-state index < -0.39 is 6.61 Å². The van der Waals surface area contributed by atoms with Gasteiger partial charge in [0, 0.05) is 23.4 Å². The van der Waals surface area contributed by atoms with Gasteiger partial charge >= 0.3 is 6.61 Å². The number of thioether (sulfide) groups is 1. The van der Waals surface area contributed by atoms with Crippen molar-refractivity contribution in [2.75, 3.05) is 11.5 Å². The number of rotatable bonds is 5. The van der Waals surface area contributed by atoms with Gasteiger partial charge in [-0.25, -0.2) is 0 Å². The van der Waals surface area contributed by atoms with E-state index in [2.05, 4.69) is 10.1 Å². The minimum absolute atomic E-state index is 0.0126. The molecule has 0 aromatic heterocycles. The maximum Gasteiger partial charge on any atom is 0.387 e. The third-order valence-electron chi connectivity index (χ3n) is 3.25. The average Bonchev–Trinajstić information content (AvgIpc) is 2.39. The van der Waals surface area contributed by atoms with Crippen LogP contribution in [0.5, 0.6) is 5.75 Å². The average molecular weight is 287 g/mol. The second kappa shape index (κ2) is 7.10. The fourth-order valence-electron chi connectivity index (χ4n) is 2.36. The number of para-hydroxylation sites is 1. The number of halogens is 2. The molecule has 0 radical (unpaired) electrons. The van der Waals surface area contributed by atoms with Gasteiger partial charge in [-0.1, -0.05) is 18.2 Å². The summed E-state index contributed by atoms with van der Waals surface area (Å²) >= 11 is 1.94. The number of hydrogen-bond acceptors (Lipinski definition) is 3. The standard InChI is InChI=1S/C14H19F2NOS/c1-10(17-11-5-4-8-19-9-11)12-6-2-3-7-13(12)18-14(15)16/h2-3,6-7,10-11,14,17H,4-5,8-9H2,1H3. The van der Waals surface area contributed by atoms with Crippen LogP contribution in [0.15, 0.2) is 24.3 Å². The Labute approximate surface area is 116 Å². The summed E-state index contributed by atoms with van der Waals surface area (Å²) in [6.07, 6.45) is 2.36. The highest BCUT2D eigenvalue weighted by molar-refractivity contribution is 7.99. The number of benzene rings is 1. The second-order valence-corrected chi connectivity index (χ2v) is 5.87. The van der Waals surface area contributed by atoms with Crippen LogP contribution in [0.25, 0.3) is 0 Å². The molecule has 1 aromatic carbocycles. The summed E-state index contributed by atoms with van der Waals surface area (Å²) in [5, 5.41) is 3.50. The molecule has 106 valence electrons. The maximum absolute atomic E-state index is 12.4. The van der Waals surface area contributed by atoms with Gasteiger partial charge in [-0.05, 0) is 31.6 Å². The summed E-state index contributed by atoms with van der Waals surface area (Å²) in [6, 6.07) is 7.46. The normalized spacial score (nSPS) is 21.4. The van der Waals surface area contributed by atoms with Crippen molar-refractivity contribution in [2.24, 2.45) is 0 Å². The lowest BCUT2D eigenvalue weighted by molar-refractivity contribution is -0.0506. The van der Waals surface area contributed by atoms with Gasteiger partial charge in [-0.2, -0.15) is 20.5 Å². The van der Waals surface area contributed by atoms with Crippen LogP contribution < -0.4 is 10.1 Å². The Morgan fingerprint density at radius 1 is 1.37 bits per heavy atom. The third kappa shape index (κ3) is 4.35. The monoisotopic (exact) mass is 287 g/mol. The van der Waals surface area contributed by atoms with Crippen molar-refractivity contribution in [2.45, 2.75) is 38.5 Å². The summed E-state index contributed by atoms with van der Waals surface area (Å²) < 4.78 is 29.3. The van der Waals surface area contributed by atoms with E-state index >= 15 is 0 Å². The molecule has 0 bridgehead atoms. The molecule has 2 atom stereocenters. The molecule has 0 saturated carbocycles. The molecule has 1 heterocycles. The maximum atomic E-state index is 12.4. The number of ether oxygens (including phenoxy) is 1. The van der Waals surface area contributed by atoms with Crippen LogP contribution in [0.4, 0.5) is 8.78 Å². The number of nitrogens with one attached hydrogen (secondary N) is 1. The molecule has 1 fully saturated rings. The van der Waals surface area contributed by atoms with Gasteiger partial charge in [0.2, 0.25) is 0 Å². The molecule has 1 aliphatic rings. The quantitative estimate of drug-likeness (QED) is 0.889. The molecule has 1 saturated heterocycles. The lowest BCUT2D eigenvalue weighted by Gasteiger charge is -2.27. The van der Waals surface area contributed by atoms with Crippen LogP contribution in [0.1, 0.15) is 31.4 Å². The molecule has 0 spiro atoms. The van der Waals surface area contributed by atoms with Gasteiger partial charge in [-0.3, -0.25) is 0 Å². The van der Waals surface area contributed by atoms with Crippen molar-refractivity contribution in [1.82, 2.24) is 5.32 Å². The van der Waals surface area contributed by atoms with Crippen LogP contribution in [-0.4, -0.2) is 24.2 Å². The Bertz CT molecular complexity index is 397. The zero-order chi connectivity index (χ0) is 13.7. The Kier molecular flexibility index (Phi) is 5.45. The molecule has 19 heavy (non-hydrogen) atoms. The second-order valence-electron chi connectivity index (χ2n) is 4.72. The largest absolute Gasteiger partial charge is 0.434 e. The number of hydrogen-bond donors (Lipinski definition) is 1. The highest BCUT2D eigenvalue weighted by Gasteiger charge is 2.19. The Morgan fingerprint density at radius 2 is 2.16 bits per heavy atom. The molecule has 1 aliphatic heterocycles. The lowest BCUT2D eigenvalue weighted by atomic mass is 10.1. The van der Waals surface area contributed by atoms with Crippen LogP contribution in [0.3, 0.4) is 0 Å². The first-order chi connectivity index (χ1) is 9.16. The van der Waals surface area contributed by atoms with E-state index in [0.717, 1.165) is 17.7 Å². The summed E-state index contributed by atoms with van der Waals surface area (Å²) in [5.74, 6) is 2.57. The van der Waals surface area contributed by atoms with E-state index in [4.69, 9.17) is 0 Å². The molecule has 1 aromatic rings. The van der Waals surface area contributed by atoms with Crippen LogP contribution in [0.2, 0.25) is 0 Å².